The molecule has 1 heterocycles. The minimum Gasteiger partial charge on any atom is -0.229 e. The number of sulfone groups is 1. The molecule has 94 valence electrons. The summed E-state index contributed by atoms with van der Waals surface area (Å²) in [5.41, 5.74) is 0.424. The van der Waals surface area contributed by atoms with Gasteiger partial charge in [-0.3, -0.25) is 0 Å². The highest BCUT2D eigenvalue weighted by atomic mass is 35.5. The molecule has 1 saturated heterocycles. The van der Waals surface area contributed by atoms with E-state index in [1.54, 1.807) is 0 Å². The lowest BCUT2D eigenvalue weighted by Gasteiger charge is -2.15. The zero-order valence-corrected chi connectivity index (χ0v) is 10.4. The molecule has 1 aliphatic rings. The fraction of sp³-hybridized carbons (Fsp3) is 0.455. The van der Waals surface area contributed by atoms with Crippen LogP contribution in [0.15, 0.2) is 18.2 Å². The third kappa shape index (κ3) is 2.77. The number of hydrogen-bond acceptors (Lipinski definition) is 2. The molecule has 1 aromatic rings. The number of alkyl halides is 1. The lowest BCUT2D eigenvalue weighted by atomic mass is 9.98. The Hall–Kier alpha value is -0.680. The Balaban J connectivity index is 2.20. The van der Waals surface area contributed by atoms with Gasteiger partial charge in [0.25, 0.3) is 0 Å². The Morgan fingerprint density at radius 3 is 2.53 bits per heavy atom. The lowest BCUT2D eigenvalue weighted by molar-refractivity contribution is 0.502. The molecule has 1 aromatic carbocycles. The topological polar surface area (TPSA) is 34.1 Å². The summed E-state index contributed by atoms with van der Waals surface area (Å²) in [6.07, 6.45) is 0.468. The SMILES string of the molecule is O=S1(=O)CCC(C(Cl)c2ccc(F)c(F)c2)C1. The molecule has 0 spiro atoms. The zero-order valence-electron chi connectivity index (χ0n) is 8.87. The van der Waals surface area contributed by atoms with E-state index in [2.05, 4.69) is 0 Å². The van der Waals surface area contributed by atoms with Crippen molar-refractivity contribution in [3.8, 4) is 0 Å². The first-order chi connectivity index (χ1) is 7.89. The van der Waals surface area contributed by atoms with Crippen LogP contribution in [-0.2, 0) is 9.84 Å². The van der Waals surface area contributed by atoms with Crippen LogP contribution in [0.2, 0.25) is 0 Å². The monoisotopic (exact) mass is 280 g/mol. The predicted octanol–water partition coefficient (Wildman–Crippen LogP) is 2.68. The number of rotatable bonds is 2. The standard InChI is InChI=1S/C11H11ClF2O2S/c12-11(8-3-4-17(15,16)6-8)7-1-2-9(13)10(14)5-7/h1-2,5,8,11H,3-4,6H2. The highest BCUT2D eigenvalue weighted by molar-refractivity contribution is 7.91. The van der Waals surface area contributed by atoms with Gasteiger partial charge in [0, 0.05) is 0 Å². The van der Waals surface area contributed by atoms with Gasteiger partial charge in [-0.2, -0.15) is 0 Å². The Labute approximate surface area is 104 Å². The second-order valence-corrected chi connectivity index (χ2v) is 6.94. The highest BCUT2D eigenvalue weighted by Crippen LogP contribution is 2.36. The summed E-state index contributed by atoms with van der Waals surface area (Å²) in [6.45, 7) is 0. The van der Waals surface area contributed by atoms with Gasteiger partial charge in [0.15, 0.2) is 21.5 Å². The predicted molar refractivity (Wildman–Crippen MR) is 61.7 cm³/mol. The van der Waals surface area contributed by atoms with Crippen LogP contribution in [0, 0.1) is 17.6 Å². The minimum atomic E-state index is -3.02. The molecule has 2 atom stereocenters. The molecule has 2 nitrogen and oxygen atoms in total. The summed E-state index contributed by atoms with van der Waals surface area (Å²) in [6, 6.07) is 3.42. The molecular formula is C11H11ClF2O2S. The normalized spacial score (nSPS) is 24.8. The number of halogens is 3. The maximum atomic E-state index is 13.0. The quantitative estimate of drug-likeness (QED) is 0.781. The molecule has 6 heteroatoms. The minimum absolute atomic E-state index is 0.0140. The van der Waals surface area contributed by atoms with Crippen molar-refractivity contribution in [2.24, 2.45) is 5.92 Å². The van der Waals surface area contributed by atoms with Gasteiger partial charge in [-0.1, -0.05) is 6.07 Å². The molecule has 0 N–H and O–H groups in total. The van der Waals surface area contributed by atoms with E-state index in [4.69, 9.17) is 11.6 Å². The van der Waals surface area contributed by atoms with Crippen molar-refractivity contribution < 1.29 is 17.2 Å². The van der Waals surface area contributed by atoms with Gasteiger partial charge in [0.1, 0.15) is 0 Å². The van der Waals surface area contributed by atoms with E-state index in [1.807, 2.05) is 0 Å². The van der Waals surface area contributed by atoms with Crippen molar-refractivity contribution in [1.82, 2.24) is 0 Å². The van der Waals surface area contributed by atoms with E-state index in [9.17, 15) is 17.2 Å². The molecule has 0 aliphatic carbocycles. The number of benzene rings is 1. The second-order valence-electron chi connectivity index (χ2n) is 4.24. The first kappa shape index (κ1) is 12.8. The van der Waals surface area contributed by atoms with E-state index in [-0.39, 0.29) is 17.4 Å². The van der Waals surface area contributed by atoms with Crippen LogP contribution in [0.1, 0.15) is 17.4 Å². The third-order valence-corrected chi connectivity index (χ3v) is 5.35. The van der Waals surface area contributed by atoms with Crippen LogP contribution in [0.4, 0.5) is 8.78 Å². The van der Waals surface area contributed by atoms with Crippen LogP contribution in [-0.4, -0.2) is 19.9 Å². The molecule has 2 rings (SSSR count). The van der Waals surface area contributed by atoms with Crippen LogP contribution < -0.4 is 0 Å². The second kappa shape index (κ2) is 4.53. The van der Waals surface area contributed by atoms with Crippen molar-refractivity contribution in [2.75, 3.05) is 11.5 Å². The van der Waals surface area contributed by atoms with Gasteiger partial charge in [-0.25, -0.2) is 17.2 Å². The summed E-state index contributed by atoms with van der Waals surface area (Å²) in [4.78, 5) is 0. The van der Waals surface area contributed by atoms with Crippen LogP contribution in [0.3, 0.4) is 0 Å². The van der Waals surface area contributed by atoms with Gasteiger partial charge < -0.3 is 0 Å². The maximum absolute atomic E-state index is 13.0. The molecular weight excluding hydrogens is 270 g/mol. The first-order valence-corrected chi connectivity index (χ1v) is 7.44. The number of hydrogen-bond donors (Lipinski definition) is 0. The largest absolute Gasteiger partial charge is 0.229 e. The van der Waals surface area contributed by atoms with Gasteiger partial charge in [-0.05, 0) is 30.0 Å². The van der Waals surface area contributed by atoms with Gasteiger partial charge in [0.2, 0.25) is 0 Å². The molecule has 0 bridgehead atoms. The van der Waals surface area contributed by atoms with Gasteiger partial charge in [0.05, 0.1) is 16.9 Å². The van der Waals surface area contributed by atoms with E-state index in [0.717, 1.165) is 12.1 Å². The zero-order chi connectivity index (χ0) is 12.6. The third-order valence-electron chi connectivity index (χ3n) is 2.94. The fourth-order valence-electron chi connectivity index (χ4n) is 2.01. The molecule has 1 aliphatic heterocycles. The summed E-state index contributed by atoms with van der Waals surface area (Å²) < 4.78 is 48.4. The van der Waals surface area contributed by atoms with Crippen LogP contribution >= 0.6 is 11.6 Å². The molecule has 0 aromatic heterocycles. The first-order valence-electron chi connectivity index (χ1n) is 5.18. The highest BCUT2D eigenvalue weighted by Gasteiger charge is 2.33. The average Bonchev–Trinajstić information content (AvgIpc) is 2.62. The molecule has 17 heavy (non-hydrogen) atoms. The van der Waals surface area contributed by atoms with Gasteiger partial charge in [-0.15, -0.1) is 11.6 Å². The van der Waals surface area contributed by atoms with Crippen LogP contribution in [0.5, 0.6) is 0 Å². The Kier molecular flexibility index (Phi) is 3.41. The van der Waals surface area contributed by atoms with E-state index >= 15 is 0 Å². The van der Waals surface area contributed by atoms with Crippen molar-refractivity contribution in [3.63, 3.8) is 0 Å². The lowest BCUT2D eigenvalue weighted by Crippen LogP contribution is -2.10. The summed E-state index contributed by atoms with van der Waals surface area (Å²) in [7, 11) is -3.02. The van der Waals surface area contributed by atoms with E-state index in [1.165, 1.54) is 6.07 Å². The van der Waals surface area contributed by atoms with Crippen molar-refractivity contribution >= 4 is 21.4 Å². The Morgan fingerprint density at radius 1 is 1.29 bits per heavy atom. The smallest absolute Gasteiger partial charge is 0.159 e. The van der Waals surface area contributed by atoms with Crippen molar-refractivity contribution in [1.29, 1.82) is 0 Å². The maximum Gasteiger partial charge on any atom is 0.159 e. The molecule has 0 amide bonds. The Bertz CT molecular complexity index is 530. The molecule has 1 fully saturated rings. The summed E-state index contributed by atoms with van der Waals surface area (Å²) in [5.74, 6) is -2.00. The van der Waals surface area contributed by atoms with E-state index < -0.39 is 26.8 Å². The molecule has 0 saturated carbocycles. The Morgan fingerprint density at radius 2 is 2.00 bits per heavy atom. The molecule has 2 unspecified atom stereocenters. The van der Waals surface area contributed by atoms with Crippen molar-refractivity contribution in [3.05, 3.63) is 35.4 Å². The molecule has 0 radical (unpaired) electrons. The fourth-order valence-corrected chi connectivity index (χ4v) is 4.31. The summed E-state index contributed by atoms with van der Waals surface area (Å²) in [5, 5.41) is -0.595. The van der Waals surface area contributed by atoms with E-state index in [0.29, 0.717) is 12.0 Å². The average molecular weight is 281 g/mol. The van der Waals surface area contributed by atoms with Crippen LogP contribution in [0.25, 0.3) is 0 Å². The van der Waals surface area contributed by atoms with Crippen molar-refractivity contribution in [2.45, 2.75) is 11.8 Å². The van der Waals surface area contributed by atoms with Gasteiger partial charge >= 0.3 is 0 Å². The summed E-state index contributed by atoms with van der Waals surface area (Å²) >= 11 is 6.11.